The second kappa shape index (κ2) is 6.17. The summed E-state index contributed by atoms with van der Waals surface area (Å²) in [6.07, 6.45) is 3.69. The number of benzene rings is 1. The van der Waals surface area contributed by atoms with Gasteiger partial charge in [-0.05, 0) is 12.0 Å². The molecule has 0 aromatic heterocycles. The first-order valence-corrected chi connectivity index (χ1v) is 6.39. The minimum Gasteiger partial charge on any atom is -0.481 e. The zero-order valence-electron chi connectivity index (χ0n) is 11.1. The predicted molar refractivity (Wildman–Crippen MR) is 73.6 cm³/mol. The van der Waals surface area contributed by atoms with Crippen LogP contribution in [0, 0.1) is 16.0 Å². The van der Waals surface area contributed by atoms with Crippen LogP contribution in [0.3, 0.4) is 0 Å². The molecule has 1 aliphatic carbocycles. The van der Waals surface area contributed by atoms with Gasteiger partial charge in [0.2, 0.25) is 5.91 Å². The Morgan fingerprint density at radius 2 is 1.95 bits per heavy atom. The molecule has 7 heteroatoms. The molecule has 0 heterocycles. The van der Waals surface area contributed by atoms with Crippen LogP contribution in [0.15, 0.2) is 36.4 Å². The molecule has 0 spiro atoms. The number of nitrogens with zero attached hydrogens (tertiary/aromatic N) is 1. The maximum Gasteiger partial charge on any atom is 0.310 e. The van der Waals surface area contributed by atoms with Crippen LogP contribution in [0.4, 0.5) is 5.69 Å². The number of carbonyl (C=O) groups excluding carboxylic acids is 1. The molecule has 2 atom stereocenters. The van der Waals surface area contributed by atoms with Crippen LogP contribution in [0.5, 0.6) is 0 Å². The standard InChI is InChI=1S/C14H14N2O5/c17-13(15-11-4-3-10(8-11)14(18)19)7-9-1-5-12(6-2-9)16(20)21/h1-6,10-11H,7-8H2,(H,15,17)(H,18,19). The van der Waals surface area contributed by atoms with Crippen molar-refractivity contribution >= 4 is 17.6 Å². The van der Waals surface area contributed by atoms with E-state index in [0.717, 1.165) is 0 Å². The molecule has 2 rings (SSSR count). The average molecular weight is 290 g/mol. The van der Waals surface area contributed by atoms with Crippen LogP contribution >= 0.6 is 0 Å². The van der Waals surface area contributed by atoms with Crippen molar-refractivity contribution in [3.05, 3.63) is 52.1 Å². The minimum absolute atomic E-state index is 0.0258. The van der Waals surface area contributed by atoms with E-state index < -0.39 is 16.8 Å². The van der Waals surface area contributed by atoms with Crippen LogP contribution < -0.4 is 5.32 Å². The van der Waals surface area contributed by atoms with Gasteiger partial charge in [-0.15, -0.1) is 0 Å². The van der Waals surface area contributed by atoms with E-state index in [9.17, 15) is 19.7 Å². The van der Waals surface area contributed by atoms with E-state index in [1.54, 1.807) is 12.2 Å². The number of non-ortho nitro benzene ring substituents is 1. The van der Waals surface area contributed by atoms with Gasteiger partial charge in [0.25, 0.3) is 5.69 Å². The number of aliphatic carboxylic acids is 1. The number of hydrogen-bond donors (Lipinski definition) is 2. The SMILES string of the molecule is O=C(Cc1ccc([N+](=O)[O-])cc1)NC1C=CC(C(=O)O)C1. The van der Waals surface area contributed by atoms with E-state index in [2.05, 4.69) is 5.32 Å². The third-order valence-electron chi connectivity index (χ3n) is 3.26. The molecule has 0 saturated carbocycles. The molecule has 0 saturated heterocycles. The van der Waals surface area contributed by atoms with Crippen molar-refractivity contribution in [3.63, 3.8) is 0 Å². The van der Waals surface area contributed by atoms with Gasteiger partial charge in [0.1, 0.15) is 0 Å². The zero-order chi connectivity index (χ0) is 15.4. The van der Waals surface area contributed by atoms with Gasteiger partial charge in [-0.3, -0.25) is 19.7 Å². The van der Waals surface area contributed by atoms with Crippen LogP contribution in [-0.2, 0) is 16.0 Å². The molecule has 2 N–H and O–H groups in total. The van der Waals surface area contributed by atoms with Crippen molar-refractivity contribution in [3.8, 4) is 0 Å². The number of carbonyl (C=O) groups is 2. The summed E-state index contributed by atoms with van der Waals surface area (Å²) in [4.78, 5) is 32.6. The first-order chi connectivity index (χ1) is 9.95. The van der Waals surface area contributed by atoms with Crippen molar-refractivity contribution in [1.29, 1.82) is 0 Å². The summed E-state index contributed by atoms with van der Waals surface area (Å²) in [6, 6.07) is 5.47. The fourth-order valence-electron chi connectivity index (χ4n) is 2.17. The number of hydrogen-bond acceptors (Lipinski definition) is 4. The molecular formula is C14H14N2O5. The topological polar surface area (TPSA) is 110 Å². The first-order valence-electron chi connectivity index (χ1n) is 6.39. The minimum atomic E-state index is -0.904. The molecule has 0 fully saturated rings. The lowest BCUT2D eigenvalue weighted by atomic mass is 10.1. The Morgan fingerprint density at radius 1 is 1.29 bits per heavy atom. The number of rotatable bonds is 5. The van der Waals surface area contributed by atoms with Crippen molar-refractivity contribution in [1.82, 2.24) is 5.32 Å². The van der Waals surface area contributed by atoms with E-state index >= 15 is 0 Å². The lowest BCUT2D eigenvalue weighted by Crippen LogP contribution is -2.34. The van der Waals surface area contributed by atoms with E-state index in [1.165, 1.54) is 24.3 Å². The molecule has 0 bridgehead atoms. The number of carboxylic acids is 1. The Balaban J connectivity index is 1.86. The molecule has 0 radical (unpaired) electrons. The van der Waals surface area contributed by atoms with E-state index in [-0.39, 0.29) is 24.1 Å². The highest BCUT2D eigenvalue weighted by Crippen LogP contribution is 2.18. The predicted octanol–water partition coefficient (Wildman–Crippen LogP) is 1.28. The lowest BCUT2D eigenvalue weighted by molar-refractivity contribution is -0.384. The van der Waals surface area contributed by atoms with Crippen LogP contribution in [0.1, 0.15) is 12.0 Å². The van der Waals surface area contributed by atoms with Crippen LogP contribution in [-0.4, -0.2) is 27.9 Å². The third-order valence-corrected chi connectivity index (χ3v) is 3.26. The summed E-state index contributed by atoms with van der Waals surface area (Å²) < 4.78 is 0. The van der Waals surface area contributed by atoms with Gasteiger partial charge in [0.15, 0.2) is 0 Å². The summed E-state index contributed by atoms with van der Waals surface area (Å²) in [5.41, 5.74) is 0.636. The summed E-state index contributed by atoms with van der Waals surface area (Å²) in [6.45, 7) is 0. The number of nitrogens with one attached hydrogen (secondary N) is 1. The van der Waals surface area contributed by atoms with E-state index in [0.29, 0.717) is 12.0 Å². The monoisotopic (exact) mass is 290 g/mol. The Morgan fingerprint density at radius 3 is 2.48 bits per heavy atom. The highest BCUT2D eigenvalue weighted by atomic mass is 16.6. The Kier molecular flexibility index (Phi) is 4.32. The Hall–Kier alpha value is -2.70. The molecule has 1 aromatic carbocycles. The number of carboxylic acid groups (broad SMARTS) is 1. The maximum absolute atomic E-state index is 11.8. The van der Waals surface area contributed by atoms with E-state index in [1.807, 2.05) is 0 Å². The van der Waals surface area contributed by atoms with Crippen molar-refractivity contribution < 1.29 is 19.6 Å². The zero-order valence-corrected chi connectivity index (χ0v) is 11.1. The summed E-state index contributed by atoms with van der Waals surface area (Å²) in [5, 5.41) is 22.1. The molecule has 0 aliphatic heterocycles. The highest BCUT2D eigenvalue weighted by molar-refractivity contribution is 5.80. The van der Waals surface area contributed by atoms with Gasteiger partial charge in [0, 0.05) is 18.2 Å². The van der Waals surface area contributed by atoms with Gasteiger partial charge in [0.05, 0.1) is 17.3 Å². The molecular weight excluding hydrogens is 276 g/mol. The quantitative estimate of drug-likeness (QED) is 0.482. The normalized spacial score (nSPS) is 20.2. The smallest absolute Gasteiger partial charge is 0.310 e. The Labute approximate surface area is 120 Å². The van der Waals surface area contributed by atoms with Crippen LogP contribution in [0.2, 0.25) is 0 Å². The molecule has 1 amide bonds. The van der Waals surface area contributed by atoms with Gasteiger partial charge in [-0.1, -0.05) is 24.3 Å². The van der Waals surface area contributed by atoms with Gasteiger partial charge >= 0.3 is 5.97 Å². The van der Waals surface area contributed by atoms with Crippen molar-refractivity contribution in [2.75, 3.05) is 0 Å². The largest absolute Gasteiger partial charge is 0.481 e. The van der Waals surface area contributed by atoms with Crippen molar-refractivity contribution in [2.45, 2.75) is 18.9 Å². The third kappa shape index (κ3) is 3.88. The average Bonchev–Trinajstić information content (AvgIpc) is 2.87. The Bertz CT molecular complexity index is 594. The fraction of sp³-hybridized carbons (Fsp3) is 0.286. The summed E-state index contributed by atoms with van der Waals surface area (Å²) in [7, 11) is 0. The summed E-state index contributed by atoms with van der Waals surface area (Å²) >= 11 is 0. The van der Waals surface area contributed by atoms with Crippen LogP contribution in [0.25, 0.3) is 0 Å². The molecule has 1 aromatic rings. The molecule has 2 unspecified atom stereocenters. The fourth-order valence-corrected chi connectivity index (χ4v) is 2.17. The molecule has 7 nitrogen and oxygen atoms in total. The number of amides is 1. The van der Waals surface area contributed by atoms with Gasteiger partial charge < -0.3 is 10.4 Å². The molecule has 110 valence electrons. The second-order valence-corrected chi connectivity index (χ2v) is 4.84. The first kappa shape index (κ1) is 14.7. The highest BCUT2D eigenvalue weighted by Gasteiger charge is 2.25. The molecule has 21 heavy (non-hydrogen) atoms. The number of nitro groups is 1. The molecule has 1 aliphatic rings. The van der Waals surface area contributed by atoms with Gasteiger partial charge in [-0.2, -0.15) is 0 Å². The lowest BCUT2D eigenvalue weighted by Gasteiger charge is -2.12. The van der Waals surface area contributed by atoms with Gasteiger partial charge in [-0.25, -0.2) is 0 Å². The summed E-state index contributed by atoms with van der Waals surface area (Å²) in [5.74, 6) is -1.71. The second-order valence-electron chi connectivity index (χ2n) is 4.84. The maximum atomic E-state index is 11.8. The number of nitro benzene ring substituents is 1. The van der Waals surface area contributed by atoms with Crippen molar-refractivity contribution in [2.24, 2.45) is 5.92 Å². The van der Waals surface area contributed by atoms with E-state index in [4.69, 9.17) is 5.11 Å².